The van der Waals surface area contributed by atoms with Crippen molar-refractivity contribution in [2.45, 2.75) is 75.5 Å². The molecule has 0 bridgehead atoms. The molecule has 1 aromatic carbocycles. The van der Waals surface area contributed by atoms with Crippen LogP contribution in [0.5, 0.6) is 0 Å². The Balaban J connectivity index is 1.08. The van der Waals surface area contributed by atoms with E-state index in [0.29, 0.717) is 24.2 Å². The van der Waals surface area contributed by atoms with Gasteiger partial charge in [-0.15, -0.1) is 0 Å². The maximum Gasteiger partial charge on any atom is 0.160 e. The minimum atomic E-state index is 0.408. The summed E-state index contributed by atoms with van der Waals surface area (Å²) >= 11 is 0. The summed E-state index contributed by atoms with van der Waals surface area (Å²) in [5.74, 6) is 1.59. The first-order valence-corrected chi connectivity index (χ1v) is 11.0. The van der Waals surface area contributed by atoms with Crippen LogP contribution in [0.25, 0.3) is 11.0 Å². The van der Waals surface area contributed by atoms with E-state index in [4.69, 9.17) is 4.74 Å². The van der Waals surface area contributed by atoms with Crippen LogP contribution in [-0.4, -0.2) is 38.4 Å². The van der Waals surface area contributed by atoms with E-state index in [2.05, 4.69) is 55.8 Å². The second kappa shape index (κ2) is 8.49. The number of nitrogens with zero attached hydrogens (tertiary/aromatic N) is 3. The van der Waals surface area contributed by atoms with Gasteiger partial charge >= 0.3 is 0 Å². The molecule has 6 nitrogen and oxygen atoms in total. The number of hydrogen-bond donors (Lipinski definition) is 2. The molecule has 29 heavy (non-hydrogen) atoms. The zero-order valence-corrected chi connectivity index (χ0v) is 16.8. The molecule has 0 aliphatic heterocycles. The number of benzene rings is 1. The lowest BCUT2D eigenvalue weighted by molar-refractivity contribution is -0.0482. The number of fused-ring (bicyclic) bond motifs is 1. The van der Waals surface area contributed by atoms with E-state index in [1.165, 1.54) is 31.2 Å². The molecular formula is C23H29N5O. The van der Waals surface area contributed by atoms with Crippen LogP contribution in [0.1, 0.15) is 62.8 Å². The van der Waals surface area contributed by atoms with Crippen molar-refractivity contribution in [3.8, 4) is 0 Å². The largest absolute Gasteiger partial charge is 0.375 e. The second-order valence-corrected chi connectivity index (χ2v) is 8.49. The average molecular weight is 392 g/mol. The third-order valence-electron chi connectivity index (χ3n) is 6.59. The smallest absolute Gasteiger partial charge is 0.160 e. The van der Waals surface area contributed by atoms with Crippen molar-refractivity contribution >= 4 is 16.9 Å². The van der Waals surface area contributed by atoms with Gasteiger partial charge in [0.25, 0.3) is 0 Å². The number of aromatic nitrogens is 4. The maximum atomic E-state index is 6.50. The average Bonchev–Trinajstić information content (AvgIpc) is 3.26. The highest BCUT2D eigenvalue weighted by atomic mass is 16.5. The van der Waals surface area contributed by atoms with Gasteiger partial charge in [-0.2, -0.15) is 5.10 Å². The Kier molecular flexibility index (Phi) is 5.43. The van der Waals surface area contributed by atoms with Gasteiger partial charge in [0.1, 0.15) is 12.1 Å². The lowest BCUT2D eigenvalue weighted by atomic mass is 9.82. The quantitative estimate of drug-likeness (QED) is 0.652. The molecule has 2 N–H and O–H groups in total. The fourth-order valence-electron chi connectivity index (χ4n) is 4.95. The molecule has 2 aliphatic rings. The molecule has 0 atom stereocenters. The Labute approximate surface area is 171 Å². The van der Waals surface area contributed by atoms with Gasteiger partial charge in [0, 0.05) is 6.04 Å². The van der Waals surface area contributed by atoms with Crippen LogP contribution >= 0.6 is 0 Å². The van der Waals surface area contributed by atoms with Gasteiger partial charge in [0.05, 0.1) is 23.8 Å². The summed E-state index contributed by atoms with van der Waals surface area (Å²) in [4.78, 5) is 8.61. The number of rotatable bonds is 5. The van der Waals surface area contributed by atoms with E-state index in [1.54, 1.807) is 12.5 Å². The fraction of sp³-hybridized carbons (Fsp3) is 0.522. The van der Waals surface area contributed by atoms with Crippen molar-refractivity contribution in [1.82, 2.24) is 20.2 Å². The monoisotopic (exact) mass is 391 g/mol. The van der Waals surface area contributed by atoms with Crippen molar-refractivity contribution in [2.75, 3.05) is 5.32 Å². The zero-order valence-electron chi connectivity index (χ0n) is 16.8. The number of H-pyrrole nitrogens is 1. The van der Waals surface area contributed by atoms with Crippen molar-refractivity contribution in [3.63, 3.8) is 0 Å². The number of ether oxygens (including phenoxy) is 1. The molecule has 2 fully saturated rings. The molecule has 0 saturated heterocycles. The van der Waals surface area contributed by atoms with Crippen LogP contribution < -0.4 is 5.32 Å². The lowest BCUT2D eigenvalue weighted by Crippen LogP contribution is -2.33. The summed E-state index contributed by atoms with van der Waals surface area (Å²) in [7, 11) is 0. The van der Waals surface area contributed by atoms with Crippen LogP contribution in [0.2, 0.25) is 0 Å². The first-order valence-electron chi connectivity index (χ1n) is 11.0. The number of nitrogens with one attached hydrogen (secondary N) is 2. The van der Waals surface area contributed by atoms with Gasteiger partial charge in [-0.3, -0.25) is 5.10 Å². The minimum absolute atomic E-state index is 0.408. The van der Waals surface area contributed by atoms with E-state index in [9.17, 15) is 0 Å². The van der Waals surface area contributed by atoms with Crippen LogP contribution in [-0.2, 0) is 4.74 Å². The summed E-state index contributed by atoms with van der Waals surface area (Å²) in [5.41, 5.74) is 2.28. The van der Waals surface area contributed by atoms with Crippen LogP contribution in [0.4, 0.5) is 5.82 Å². The molecule has 0 radical (unpaired) electrons. The summed E-state index contributed by atoms with van der Waals surface area (Å²) in [5, 5.41) is 11.5. The summed E-state index contributed by atoms with van der Waals surface area (Å²) in [6, 6.07) is 11.4. The fourth-order valence-corrected chi connectivity index (χ4v) is 4.95. The van der Waals surface area contributed by atoms with Gasteiger partial charge in [-0.25, -0.2) is 9.97 Å². The first-order chi connectivity index (χ1) is 14.3. The molecule has 152 valence electrons. The topological polar surface area (TPSA) is 75.7 Å². The van der Waals surface area contributed by atoms with Gasteiger partial charge in [0.2, 0.25) is 0 Å². The molecular weight excluding hydrogens is 362 g/mol. The SMILES string of the molecule is c1ccc(C2CCC(OC3CCC(Nc4ncnc5[nH]ncc45)CC3)CC2)cc1. The first kappa shape index (κ1) is 18.6. The minimum Gasteiger partial charge on any atom is -0.375 e. The molecule has 0 amide bonds. The van der Waals surface area contributed by atoms with Crippen molar-refractivity contribution in [1.29, 1.82) is 0 Å². The summed E-state index contributed by atoms with van der Waals surface area (Å²) < 4.78 is 6.50. The highest BCUT2D eigenvalue weighted by molar-refractivity contribution is 5.85. The van der Waals surface area contributed by atoms with Crippen LogP contribution in [0.15, 0.2) is 42.9 Å². The number of anilines is 1. The standard InChI is InChI=1S/C23H29N5O/c1-2-4-16(5-3-1)17-6-10-19(11-7-17)29-20-12-8-18(9-13-20)27-22-21-14-26-28-23(21)25-15-24-22/h1-5,14-15,17-20H,6-13H2,(H2,24,25,26,27,28). The molecule has 2 heterocycles. The molecule has 5 rings (SSSR count). The van der Waals surface area contributed by atoms with Gasteiger partial charge in [0.15, 0.2) is 5.65 Å². The molecule has 2 saturated carbocycles. The summed E-state index contributed by atoms with van der Waals surface area (Å²) in [6.45, 7) is 0. The van der Waals surface area contributed by atoms with Gasteiger partial charge in [-0.05, 0) is 62.8 Å². The van der Waals surface area contributed by atoms with Gasteiger partial charge in [-0.1, -0.05) is 30.3 Å². The molecule has 2 aromatic heterocycles. The Morgan fingerprint density at radius 3 is 2.34 bits per heavy atom. The third-order valence-corrected chi connectivity index (χ3v) is 6.59. The van der Waals surface area contributed by atoms with Crippen LogP contribution in [0.3, 0.4) is 0 Å². The van der Waals surface area contributed by atoms with E-state index in [0.717, 1.165) is 42.5 Å². The van der Waals surface area contributed by atoms with Crippen LogP contribution in [0, 0.1) is 0 Å². The molecule has 6 heteroatoms. The third kappa shape index (κ3) is 4.27. The zero-order chi connectivity index (χ0) is 19.5. The van der Waals surface area contributed by atoms with Crippen molar-refractivity contribution in [3.05, 3.63) is 48.4 Å². The summed E-state index contributed by atoms with van der Waals surface area (Å²) in [6.07, 6.45) is 13.6. The van der Waals surface area contributed by atoms with Gasteiger partial charge < -0.3 is 10.1 Å². The highest BCUT2D eigenvalue weighted by Crippen LogP contribution is 2.35. The maximum absolute atomic E-state index is 6.50. The lowest BCUT2D eigenvalue weighted by Gasteiger charge is -2.35. The second-order valence-electron chi connectivity index (χ2n) is 8.49. The Morgan fingerprint density at radius 2 is 1.59 bits per heavy atom. The Hall–Kier alpha value is -2.47. The van der Waals surface area contributed by atoms with E-state index < -0.39 is 0 Å². The molecule has 3 aromatic rings. The number of aromatic amines is 1. The predicted octanol–water partition coefficient (Wildman–Crippen LogP) is 4.82. The van der Waals surface area contributed by atoms with Crippen molar-refractivity contribution < 1.29 is 4.74 Å². The molecule has 0 unspecified atom stereocenters. The molecule has 0 spiro atoms. The predicted molar refractivity (Wildman–Crippen MR) is 114 cm³/mol. The Bertz CT molecular complexity index is 911. The van der Waals surface area contributed by atoms with Crippen molar-refractivity contribution in [2.24, 2.45) is 0 Å². The Morgan fingerprint density at radius 1 is 0.862 bits per heavy atom. The van der Waals surface area contributed by atoms with E-state index in [-0.39, 0.29) is 0 Å². The highest BCUT2D eigenvalue weighted by Gasteiger charge is 2.28. The number of hydrogen-bond acceptors (Lipinski definition) is 5. The van der Waals surface area contributed by atoms with E-state index in [1.807, 2.05) is 0 Å². The normalized spacial score (nSPS) is 27.7. The van der Waals surface area contributed by atoms with E-state index >= 15 is 0 Å². The molecule has 2 aliphatic carbocycles.